The lowest BCUT2D eigenvalue weighted by molar-refractivity contribution is -0.140. The van der Waals surface area contributed by atoms with Crippen LogP contribution in [0.25, 0.3) is 0 Å². The molecule has 2 rings (SSSR count). The maximum Gasteiger partial charge on any atom is 0.413 e. The van der Waals surface area contributed by atoms with Crippen LogP contribution in [0.1, 0.15) is 24.1 Å². The Kier molecular flexibility index (Phi) is 4.77. The summed E-state index contributed by atoms with van der Waals surface area (Å²) in [5, 5.41) is 15.5. The van der Waals surface area contributed by atoms with Crippen LogP contribution in [-0.2, 0) is 16.1 Å². The van der Waals surface area contributed by atoms with Gasteiger partial charge in [0.05, 0.1) is 0 Å². The summed E-state index contributed by atoms with van der Waals surface area (Å²) >= 11 is 0. The number of aromatic nitrogens is 2. The second kappa shape index (κ2) is 6.75. The zero-order valence-corrected chi connectivity index (χ0v) is 12.3. The van der Waals surface area contributed by atoms with E-state index in [9.17, 15) is 9.59 Å². The molecule has 22 heavy (non-hydrogen) atoms. The summed E-state index contributed by atoms with van der Waals surface area (Å²) in [6.45, 7) is 3.38. The largest absolute Gasteiger partial charge is 0.480 e. The van der Waals surface area contributed by atoms with Crippen LogP contribution in [-0.4, -0.2) is 26.9 Å². The Hall–Kier alpha value is -2.83. The van der Waals surface area contributed by atoms with Crippen LogP contribution in [0.15, 0.2) is 36.5 Å². The Morgan fingerprint density at radius 2 is 2.05 bits per heavy atom. The van der Waals surface area contributed by atoms with Gasteiger partial charge < -0.3 is 9.84 Å². The molecule has 0 aliphatic rings. The van der Waals surface area contributed by atoms with E-state index in [2.05, 4.69) is 10.4 Å². The molecule has 7 nitrogen and oxygen atoms in total. The number of carboxylic acid groups (broad SMARTS) is 1. The number of rotatable bonds is 5. The molecule has 116 valence electrons. The summed E-state index contributed by atoms with van der Waals surface area (Å²) in [5.41, 5.74) is 1.53. The van der Waals surface area contributed by atoms with Gasteiger partial charge in [0.25, 0.3) is 0 Å². The Balaban J connectivity index is 1.95. The first kappa shape index (κ1) is 15.6. The second-order valence-electron chi connectivity index (χ2n) is 4.84. The molecule has 2 aromatic rings. The molecular formula is C15H17N3O4. The summed E-state index contributed by atoms with van der Waals surface area (Å²) in [5.74, 6) is -0.716. The summed E-state index contributed by atoms with van der Waals surface area (Å²) in [6, 6.07) is 8.48. The standard InChI is InChI=1S/C15H17N3O4/c1-10-8-18(11(2)14(19)20)17-13(10)16-15(21)22-9-12-6-4-3-5-7-12/h3-8,11H,9H2,1-2H3,(H,19,20)(H,16,17,21). The number of carbonyl (C=O) groups excluding carboxylic acids is 1. The maximum absolute atomic E-state index is 11.8. The molecule has 1 unspecified atom stereocenters. The van der Waals surface area contributed by atoms with Gasteiger partial charge in [0, 0.05) is 11.8 Å². The fraction of sp³-hybridized carbons (Fsp3) is 0.267. The average Bonchev–Trinajstić information content (AvgIpc) is 2.86. The summed E-state index contributed by atoms with van der Waals surface area (Å²) in [4.78, 5) is 22.7. The molecule has 0 saturated carbocycles. The molecule has 1 amide bonds. The number of carbonyl (C=O) groups is 2. The molecule has 7 heteroatoms. The lowest BCUT2D eigenvalue weighted by atomic mass is 10.2. The van der Waals surface area contributed by atoms with Gasteiger partial charge in [-0.2, -0.15) is 5.10 Å². The van der Waals surface area contributed by atoms with Gasteiger partial charge in [0.15, 0.2) is 5.82 Å². The lowest BCUT2D eigenvalue weighted by Gasteiger charge is -2.07. The Bertz CT molecular complexity index is 667. The molecule has 0 radical (unpaired) electrons. The van der Waals surface area contributed by atoms with Gasteiger partial charge >= 0.3 is 12.1 Å². The van der Waals surface area contributed by atoms with Crippen molar-refractivity contribution in [1.29, 1.82) is 0 Å². The molecule has 0 aliphatic heterocycles. The number of nitrogens with one attached hydrogen (secondary N) is 1. The van der Waals surface area contributed by atoms with Crippen LogP contribution in [0.4, 0.5) is 10.6 Å². The van der Waals surface area contributed by atoms with Crippen molar-refractivity contribution in [2.24, 2.45) is 0 Å². The third-order valence-electron chi connectivity index (χ3n) is 3.10. The van der Waals surface area contributed by atoms with Crippen molar-refractivity contribution < 1.29 is 19.4 Å². The number of ether oxygens (including phenoxy) is 1. The van der Waals surface area contributed by atoms with Gasteiger partial charge in [-0.25, -0.2) is 9.59 Å². The summed E-state index contributed by atoms with van der Waals surface area (Å²) in [7, 11) is 0. The van der Waals surface area contributed by atoms with Crippen molar-refractivity contribution in [1.82, 2.24) is 9.78 Å². The fourth-order valence-corrected chi connectivity index (χ4v) is 1.77. The number of anilines is 1. The SMILES string of the molecule is Cc1cn(C(C)C(=O)O)nc1NC(=O)OCc1ccccc1. The summed E-state index contributed by atoms with van der Waals surface area (Å²) < 4.78 is 6.37. The molecule has 0 aliphatic carbocycles. The van der Waals surface area contributed by atoms with E-state index in [1.54, 1.807) is 13.1 Å². The van der Waals surface area contributed by atoms with Crippen LogP contribution in [0.5, 0.6) is 0 Å². The molecule has 0 bridgehead atoms. The van der Waals surface area contributed by atoms with Crippen LogP contribution in [0.2, 0.25) is 0 Å². The highest BCUT2D eigenvalue weighted by Crippen LogP contribution is 2.16. The number of aliphatic carboxylic acids is 1. The number of carboxylic acids is 1. The van der Waals surface area contributed by atoms with Crippen LogP contribution in [0.3, 0.4) is 0 Å². The highest BCUT2D eigenvalue weighted by molar-refractivity contribution is 5.84. The molecular weight excluding hydrogens is 286 g/mol. The first-order valence-corrected chi connectivity index (χ1v) is 6.73. The minimum absolute atomic E-state index is 0.151. The number of nitrogens with zero attached hydrogens (tertiary/aromatic N) is 2. The van der Waals surface area contributed by atoms with Gasteiger partial charge in [-0.3, -0.25) is 10.00 Å². The lowest BCUT2D eigenvalue weighted by Crippen LogP contribution is -2.17. The topological polar surface area (TPSA) is 93.5 Å². The molecule has 1 heterocycles. The third-order valence-corrected chi connectivity index (χ3v) is 3.10. The van der Waals surface area contributed by atoms with Crippen molar-refractivity contribution in [2.75, 3.05) is 5.32 Å². The van der Waals surface area contributed by atoms with Crippen molar-refractivity contribution in [2.45, 2.75) is 26.5 Å². The molecule has 0 saturated heterocycles. The zero-order chi connectivity index (χ0) is 16.1. The Labute approximate surface area is 127 Å². The van der Waals surface area contributed by atoms with Crippen LogP contribution >= 0.6 is 0 Å². The zero-order valence-electron chi connectivity index (χ0n) is 12.3. The summed E-state index contributed by atoms with van der Waals surface area (Å²) in [6.07, 6.45) is 0.922. The number of hydrogen-bond acceptors (Lipinski definition) is 4. The quantitative estimate of drug-likeness (QED) is 0.885. The molecule has 0 spiro atoms. The number of benzene rings is 1. The first-order chi connectivity index (χ1) is 10.5. The third kappa shape index (κ3) is 3.85. The normalized spacial score (nSPS) is 11.7. The van der Waals surface area contributed by atoms with Crippen molar-refractivity contribution in [3.63, 3.8) is 0 Å². The van der Waals surface area contributed by atoms with Gasteiger partial charge in [-0.15, -0.1) is 0 Å². The van der Waals surface area contributed by atoms with Crippen LogP contribution < -0.4 is 5.32 Å². The van der Waals surface area contributed by atoms with Crippen molar-refractivity contribution >= 4 is 17.9 Å². The molecule has 2 N–H and O–H groups in total. The van der Waals surface area contributed by atoms with E-state index >= 15 is 0 Å². The highest BCUT2D eigenvalue weighted by atomic mass is 16.5. The van der Waals surface area contributed by atoms with E-state index in [1.807, 2.05) is 30.3 Å². The smallest absolute Gasteiger partial charge is 0.413 e. The highest BCUT2D eigenvalue weighted by Gasteiger charge is 2.17. The van der Waals surface area contributed by atoms with Gasteiger partial charge in [-0.05, 0) is 19.4 Å². The fourth-order valence-electron chi connectivity index (χ4n) is 1.77. The first-order valence-electron chi connectivity index (χ1n) is 6.73. The van der Waals surface area contributed by atoms with Crippen LogP contribution in [0, 0.1) is 6.92 Å². The Morgan fingerprint density at radius 3 is 2.68 bits per heavy atom. The molecule has 1 atom stereocenters. The van der Waals surface area contributed by atoms with Crippen molar-refractivity contribution in [3.8, 4) is 0 Å². The molecule has 0 fully saturated rings. The predicted molar refractivity (Wildman–Crippen MR) is 79.6 cm³/mol. The second-order valence-corrected chi connectivity index (χ2v) is 4.84. The number of amides is 1. The van der Waals surface area contributed by atoms with Gasteiger partial charge in [0.1, 0.15) is 12.6 Å². The van der Waals surface area contributed by atoms with E-state index in [0.717, 1.165) is 5.56 Å². The van der Waals surface area contributed by atoms with Gasteiger partial charge in [-0.1, -0.05) is 30.3 Å². The number of aryl methyl sites for hydroxylation is 1. The minimum atomic E-state index is -0.999. The van der Waals surface area contributed by atoms with Crippen molar-refractivity contribution in [3.05, 3.63) is 47.7 Å². The van der Waals surface area contributed by atoms with E-state index in [-0.39, 0.29) is 12.4 Å². The van der Waals surface area contributed by atoms with E-state index in [1.165, 1.54) is 11.6 Å². The Morgan fingerprint density at radius 1 is 1.36 bits per heavy atom. The van der Waals surface area contributed by atoms with E-state index < -0.39 is 18.1 Å². The monoisotopic (exact) mass is 303 g/mol. The van der Waals surface area contributed by atoms with E-state index in [4.69, 9.17) is 9.84 Å². The number of hydrogen-bond donors (Lipinski definition) is 2. The average molecular weight is 303 g/mol. The maximum atomic E-state index is 11.8. The predicted octanol–water partition coefficient (Wildman–Crippen LogP) is 2.59. The minimum Gasteiger partial charge on any atom is -0.480 e. The van der Waals surface area contributed by atoms with Gasteiger partial charge in [0.2, 0.25) is 0 Å². The van der Waals surface area contributed by atoms with E-state index in [0.29, 0.717) is 5.56 Å². The molecule has 1 aromatic heterocycles. The molecule has 1 aromatic carbocycles.